The maximum Gasteiger partial charge on any atom is 0.306 e. The van der Waals surface area contributed by atoms with Crippen LogP contribution in [0.2, 0.25) is 0 Å². The Morgan fingerprint density at radius 1 is 1.29 bits per heavy atom. The van der Waals surface area contributed by atoms with Crippen molar-refractivity contribution < 1.29 is 14.7 Å². The van der Waals surface area contributed by atoms with E-state index in [0.29, 0.717) is 19.3 Å². The molecule has 1 amide bonds. The van der Waals surface area contributed by atoms with Gasteiger partial charge in [0.15, 0.2) is 0 Å². The van der Waals surface area contributed by atoms with Gasteiger partial charge in [0.05, 0.1) is 5.92 Å². The minimum Gasteiger partial charge on any atom is -0.481 e. The number of hydrogen-bond donors (Lipinski definition) is 2. The smallest absolute Gasteiger partial charge is 0.306 e. The minimum atomic E-state index is -0.763. The van der Waals surface area contributed by atoms with Gasteiger partial charge in [-0.15, -0.1) is 0 Å². The van der Waals surface area contributed by atoms with E-state index in [1.165, 1.54) is 0 Å². The Labute approximate surface area is 103 Å². The third-order valence-corrected chi connectivity index (χ3v) is 3.63. The number of carbonyl (C=O) groups excluding carboxylic acids is 1. The molecule has 98 valence electrons. The largest absolute Gasteiger partial charge is 0.481 e. The predicted molar refractivity (Wildman–Crippen MR) is 65.6 cm³/mol. The lowest BCUT2D eigenvalue weighted by atomic mass is 10.0. The zero-order valence-corrected chi connectivity index (χ0v) is 10.7. The van der Waals surface area contributed by atoms with Crippen molar-refractivity contribution in [2.75, 3.05) is 0 Å². The Balaban J connectivity index is 2.41. The first-order chi connectivity index (χ1) is 8.08. The van der Waals surface area contributed by atoms with Crippen LogP contribution in [-0.2, 0) is 9.59 Å². The highest BCUT2D eigenvalue weighted by molar-refractivity contribution is 5.81. The first kappa shape index (κ1) is 14.0. The molecule has 1 aliphatic carbocycles. The molecule has 0 spiro atoms. The maximum atomic E-state index is 12.0. The summed E-state index contributed by atoms with van der Waals surface area (Å²) in [5.74, 6) is -1.13. The summed E-state index contributed by atoms with van der Waals surface area (Å²) in [6, 6.07) is 0.247. The molecule has 2 N–H and O–H groups in total. The van der Waals surface area contributed by atoms with Gasteiger partial charge in [0, 0.05) is 12.0 Å². The van der Waals surface area contributed by atoms with Crippen LogP contribution in [-0.4, -0.2) is 23.0 Å². The quantitative estimate of drug-likeness (QED) is 0.749. The van der Waals surface area contributed by atoms with Gasteiger partial charge in [-0.1, -0.05) is 20.3 Å². The number of nitrogens with one attached hydrogen (secondary N) is 1. The molecule has 0 aromatic heterocycles. The number of carbonyl (C=O) groups is 2. The summed E-state index contributed by atoms with van der Waals surface area (Å²) in [4.78, 5) is 22.8. The lowest BCUT2D eigenvalue weighted by Crippen LogP contribution is -2.38. The fourth-order valence-corrected chi connectivity index (χ4v) is 2.49. The van der Waals surface area contributed by atoms with Crippen LogP contribution in [0.15, 0.2) is 0 Å². The summed E-state index contributed by atoms with van der Waals surface area (Å²) in [6.07, 6.45) is 4.85. The fraction of sp³-hybridized carbons (Fsp3) is 0.846. The SMILES string of the molecule is CCCC(CC)NC(=O)[C@@H]1CC[C@H](C(=O)O)C1. The average Bonchev–Trinajstić information content (AvgIpc) is 2.77. The van der Waals surface area contributed by atoms with Crippen molar-refractivity contribution in [1.29, 1.82) is 0 Å². The first-order valence-corrected chi connectivity index (χ1v) is 6.61. The first-order valence-electron chi connectivity index (χ1n) is 6.61. The molecule has 17 heavy (non-hydrogen) atoms. The van der Waals surface area contributed by atoms with Crippen LogP contribution in [0.4, 0.5) is 0 Å². The Kier molecular flexibility index (Phi) is 5.45. The molecule has 1 rings (SSSR count). The Bertz CT molecular complexity index is 278. The van der Waals surface area contributed by atoms with Crippen molar-refractivity contribution in [1.82, 2.24) is 5.32 Å². The Hall–Kier alpha value is -1.06. The number of carboxylic acids is 1. The second-order valence-electron chi connectivity index (χ2n) is 4.95. The van der Waals surface area contributed by atoms with E-state index in [1.807, 2.05) is 0 Å². The zero-order chi connectivity index (χ0) is 12.8. The van der Waals surface area contributed by atoms with Crippen LogP contribution in [0.5, 0.6) is 0 Å². The molecule has 4 nitrogen and oxygen atoms in total. The van der Waals surface area contributed by atoms with Crippen molar-refractivity contribution in [3.63, 3.8) is 0 Å². The molecule has 1 aliphatic rings. The second-order valence-corrected chi connectivity index (χ2v) is 4.95. The molecule has 0 saturated heterocycles. The van der Waals surface area contributed by atoms with Crippen molar-refractivity contribution in [2.24, 2.45) is 11.8 Å². The summed E-state index contributed by atoms with van der Waals surface area (Å²) in [5.41, 5.74) is 0. The molecule has 0 radical (unpaired) electrons. The molecule has 1 saturated carbocycles. The van der Waals surface area contributed by atoms with E-state index in [9.17, 15) is 9.59 Å². The van der Waals surface area contributed by atoms with Crippen LogP contribution in [0.1, 0.15) is 52.4 Å². The van der Waals surface area contributed by atoms with E-state index in [1.54, 1.807) is 0 Å². The normalized spacial score (nSPS) is 25.5. The molecule has 0 bridgehead atoms. The molecule has 0 aromatic carbocycles. The van der Waals surface area contributed by atoms with Crippen molar-refractivity contribution in [3.8, 4) is 0 Å². The van der Waals surface area contributed by atoms with Crippen molar-refractivity contribution >= 4 is 11.9 Å². The molecule has 0 aromatic rings. The van der Waals surface area contributed by atoms with Crippen LogP contribution in [0.3, 0.4) is 0 Å². The molecule has 0 aliphatic heterocycles. The third-order valence-electron chi connectivity index (χ3n) is 3.63. The highest BCUT2D eigenvalue weighted by Gasteiger charge is 2.34. The molecule has 3 atom stereocenters. The Morgan fingerprint density at radius 2 is 1.94 bits per heavy atom. The van der Waals surface area contributed by atoms with E-state index in [-0.39, 0.29) is 23.8 Å². The van der Waals surface area contributed by atoms with Crippen LogP contribution in [0.25, 0.3) is 0 Å². The number of amides is 1. The zero-order valence-electron chi connectivity index (χ0n) is 10.7. The average molecular weight is 241 g/mol. The third kappa shape index (κ3) is 4.02. The van der Waals surface area contributed by atoms with Gasteiger partial charge in [0.1, 0.15) is 0 Å². The van der Waals surface area contributed by atoms with Gasteiger partial charge in [-0.25, -0.2) is 0 Å². The lowest BCUT2D eigenvalue weighted by molar-refractivity contribution is -0.141. The lowest BCUT2D eigenvalue weighted by Gasteiger charge is -2.18. The van der Waals surface area contributed by atoms with Gasteiger partial charge in [-0.2, -0.15) is 0 Å². The number of hydrogen-bond acceptors (Lipinski definition) is 2. The van der Waals surface area contributed by atoms with E-state index >= 15 is 0 Å². The minimum absolute atomic E-state index is 0.0500. The summed E-state index contributed by atoms with van der Waals surface area (Å²) in [7, 11) is 0. The highest BCUT2D eigenvalue weighted by Crippen LogP contribution is 2.31. The van der Waals surface area contributed by atoms with Crippen molar-refractivity contribution in [3.05, 3.63) is 0 Å². The van der Waals surface area contributed by atoms with E-state index < -0.39 is 5.97 Å². The van der Waals surface area contributed by atoms with Gasteiger partial charge in [-0.3, -0.25) is 9.59 Å². The standard InChI is InChI=1S/C13H23NO3/c1-3-5-11(4-2)14-12(15)9-6-7-10(8-9)13(16)17/h9-11H,3-8H2,1-2H3,(H,14,15)(H,16,17)/t9-,10+,11?/m1/s1. The maximum absolute atomic E-state index is 12.0. The molecule has 1 fully saturated rings. The molecule has 1 unspecified atom stereocenters. The fourth-order valence-electron chi connectivity index (χ4n) is 2.49. The number of aliphatic carboxylic acids is 1. The molecular formula is C13H23NO3. The summed E-state index contributed by atoms with van der Waals surface area (Å²) >= 11 is 0. The molecular weight excluding hydrogens is 218 g/mol. The predicted octanol–water partition coefficient (Wildman–Crippen LogP) is 2.18. The van der Waals surface area contributed by atoms with Gasteiger partial charge in [0.2, 0.25) is 5.91 Å². The van der Waals surface area contributed by atoms with E-state index in [4.69, 9.17) is 5.11 Å². The number of carboxylic acid groups (broad SMARTS) is 1. The highest BCUT2D eigenvalue weighted by atomic mass is 16.4. The number of rotatable bonds is 6. The van der Waals surface area contributed by atoms with Crippen LogP contribution >= 0.6 is 0 Å². The van der Waals surface area contributed by atoms with Gasteiger partial charge < -0.3 is 10.4 Å². The van der Waals surface area contributed by atoms with Gasteiger partial charge >= 0.3 is 5.97 Å². The van der Waals surface area contributed by atoms with Crippen LogP contribution in [0, 0.1) is 11.8 Å². The summed E-state index contributed by atoms with van der Waals surface area (Å²) < 4.78 is 0. The van der Waals surface area contributed by atoms with Gasteiger partial charge in [-0.05, 0) is 32.1 Å². The van der Waals surface area contributed by atoms with E-state index in [2.05, 4.69) is 19.2 Å². The topological polar surface area (TPSA) is 66.4 Å². The van der Waals surface area contributed by atoms with E-state index in [0.717, 1.165) is 19.3 Å². The van der Waals surface area contributed by atoms with Crippen molar-refractivity contribution in [2.45, 2.75) is 58.4 Å². The van der Waals surface area contributed by atoms with Gasteiger partial charge in [0.25, 0.3) is 0 Å². The monoisotopic (exact) mass is 241 g/mol. The summed E-state index contributed by atoms with van der Waals surface area (Å²) in [5, 5.41) is 11.9. The molecule has 0 heterocycles. The summed E-state index contributed by atoms with van der Waals surface area (Å²) in [6.45, 7) is 4.17. The van der Waals surface area contributed by atoms with Crippen LogP contribution < -0.4 is 5.32 Å². The molecule has 4 heteroatoms. The second kappa shape index (κ2) is 6.62. The Morgan fingerprint density at radius 3 is 2.41 bits per heavy atom.